The molecule has 3 aromatic rings. The lowest BCUT2D eigenvalue weighted by Gasteiger charge is -2.27. The van der Waals surface area contributed by atoms with Crippen molar-refractivity contribution in [3.63, 3.8) is 0 Å². The van der Waals surface area contributed by atoms with Crippen molar-refractivity contribution in [3.05, 3.63) is 89.3 Å². The molecule has 1 aromatic carbocycles. The fourth-order valence-corrected chi connectivity index (χ4v) is 3.48. The van der Waals surface area contributed by atoms with Crippen LogP contribution in [-0.2, 0) is 11.2 Å². The summed E-state index contributed by atoms with van der Waals surface area (Å²) in [5.74, 6) is 0.342. The van der Waals surface area contributed by atoms with Crippen molar-refractivity contribution < 1.29 is 9.53 Å². The summed E-state index contributed by atoms with van der Waals surface area (Å²) in [5, 5.41) is 3.84. The highest BCUT2D eigenvalue weighted by Gasteiger charge is 2.26. The van der Waals surface area contributed by atoms with E-state index in [1.54, 1.807) is 18.5 Å². The standard InChI is InChI=1S/C24H26ClN3O2/c1-3-22(30-23-8-4-5-14-27-23)24(29)28-17(2)21(19-7-6-13-26-16-19)15-18-9-11-20(25)12-10-18/h4-14,16-17,21-22H,3,15H2,1-2H3,(H,28,29). The molecule has 1 amide bonds. The number of benzene rings is 1. The van der Waals surface area contributed by atoms with E-state index in [4.69, 9.17) is 16.3 Å². The Hall–Kier alpha value is -2.92. The second-order valence-electron chi connectivity index (χ2n) is 7.20. The number of halogens is 1. The molecule has 3 unspecified atom stereocenters. The van der Waals surface area contributed by atoms with E-state index in [1.165, 1.54) is 0 Å². The van der Waals surface area contributed by atoms with Gasteiger partial charge in [0.25, 0.3) is 5.91 Å². The van der Waals surface area contributed by atoms with Crippen LogP contribution in [-0.4, -0.2) is 28.0 Å². The fraction of sp³-hybridized carbons (Fsp3) is 0.292. The summed E-state index contributed by atoms with van der Waals surface area (Å²) in [5.41, 5.74) is 2.21. The number of nitrogens with one attached hydrogen (secondary N) is 1. The number of nitrogens with zero attached hydrogens (tertiary/aromatic N) is 2. The third-order valence-corrected chi connectivity index (χ3v) is 5.27. The van der Waals surface area contributed by atoms with Crippen LogP contribution in [0.15, 0.2) is 73.2 Å². The fourth-order valence-electron chi connectivity index (χ4n) is 3.36. The summed E-state index contributed by atoms with van der Waals surface area (Å²) in [6.45, 7) is 3.93. The van der Waals surface area contributed by atoms with Gasteiger partial charge in [-0.15, -0.1) is 0 Å². The minimum Gasteiger partial charge on any atom is -0.464 e. The summed E-state index contributed by atoms with van der Waals surface area (Å²) in [4.78, 5) is 21.3. The van der Waals surface area contributed by atoms with Gasteiger partial charge in [0.15, 0.2) is 6.10 Å². The minimum absolute atomic E-state index is 0.0520. The Morgan fingerprint density at radius 2 is 1.90 bits per heavy atom. The van der Waals surface area contributed by atoms with Crippen molar-refractivity contribution >= 4 is 17.5 Å². The van der Waals surface area contributed by atoms with E-state index in [-0.39, 0.29) is 17.9 Å². The van der Waals surface area contributed by atoms with Gasteiger partial charge in [0.1, 0.15) is 0 Å². The van der Waals surface area contributed by atoms with Gasteiger partial charge < -0.3 is 10.1 Å². The van der Waals surface area contributed by atoms with Crippen LogP contribution in [0.5, 0.6) is 5.88 Å². The van der Waals surface area contributed by atoms with Crippen LogP contribution in [0.25, 0.3) is 0 Å². The van der Waals surface area contributed by atoms with Gasteiger partial charge in [-0.3, -0.25) is 9.78 Å². The Morgan fingerprint density at radius 1 is 1.10 bits per heavy atom. The maximum absolute atomic E-state index is 12.9. The average Bonchev–Trinajstić information content (AvgIpc) is 2.78. The van der Waals surface area contributed by atoms with Crippen LogP contribution in [0.2, 0.25) is 5.02 Å². The normalized spacial score (nSPS) is 13.8. The van der Waals surface area contributed by atoms with Gasteiger partial charge in [0.2, 0.25) is 5.88 Å². The molecule has 5 nitrogen and oxygen atoms in total. The van der Waals surface area contributed by atoms with E-state index in [9.17, 15) is 4.79 Å². The second-order valence-corrected chi connectivity index (χ2v) is 7.64. The van der Waals surface area contributed by atoms with Crippen LogP contribution in [0.4, 0.5) is 0 Å². The highest BCUT2D eigenvalue weighted by atomic mass is 35.5. The molecule has 0 fully saturated rings. The highest BCUT2D eigenvalue weighted by molar-refractivity contribution is 6.30. The van der Waals surface area contributed by atoms with Crippen LogP contribution >= 0.6 is 11.6 Å². The first-order valence-electron chi connectivity index (χ1n) is 10.1. The monoisotopic (exact) mass is 423 g/mol. The van der Waals surface area contributed by atoms with Gasteiger partial charge in [-0.05, 0) is 55.2 Å². The van der Waals surface area contributed by atoms with Crippen LogP contribution in [0, 0.1) is 0 Å². The lowest BCUT2D eigenvalue weighted by atomic mass is 9.87. The van der Waals surface area contributed by atoms with E-state index in [2.05, 4.69) is 15.3 Å². The number of amides is 1. The van der Waals surface area contributed by atoms with Crippen LogP contribution < -0.4 is 10.1 Å². The molecule has 0 bridgehead atoms. The predicted octanol–water partition coefficient (Wildman–Crippen LogP) is 4.82. The van der Waals surface area contributed by atoms with Gasteiger partial charge in [0.05, 0.1) is 0 Å². The zero-order chi connectivity index (χ0) is 21.3. The summed E-state index contributed by atoms with van der Waals surface area (Å²) >= 11 is 6.03. The third kappa shape index (κ3) is 6.04. The molecule has 2 heterocycles. The molecule has 0 aliphatic heterocycles. The Labute approximate surface area is 182 Å². The molecule has 0 aliphatic carbocycles. The van der Waals surface area contributed by atoms with E-state index in [0.29, 0.717) is 17.3 Å². The molecule has 6 heteroatoms. The number of hydrogen-bond acceptors (Lipinski definition) is 4. The quantitative estimate of drug-likeness (QED) is 0.536. The number of pyridine rings is 2. The van der Waals surface area contributed by atoms with E-state index in [1.807, 2.05) is 68.6 Å². The average molecular weight is 424 g/mol. The minimum atomic E-state index is -0.604. The third-order valence-electron chi connectivity index (χ3n) is 5.02. The number of carbonyl (C=O) groups is 1. The summed E-state index contributed by atoms with van der Waals surface area (Å²) in [6, 6.07) is 17.0. The topological polar surface area (TPSA) is 64.1 Å². The number of carbonyl (C=O) groups excluding carboxylic acids is 1. The molecule has 1 N–H and O–H groups in total. The Kier molecular flexibility index (Phi) is 7.80. The summed E-state index contributed by atoms with van der Waals surface area (Å²) in [6.07, 6.45) is 5.94. The van der Waals surface area contributed by atoms with E-state index < -0.39 is 6.10 Å². The first-order chi connectivity index (χ1) is 14.6. The number of ether oxygens (including phenoxy) is 1. The smallest absolute Gasteiger partial charge is 0.261 e. The highest BCUT2D eigenvalue weighted by Crippen LogP contribution is 2.25. The van der Waals surface area contributed by atoms with Gasteiger partial charge >= 0.3 is 0 Å². The molecular weight excluding hydrogens is 398 g/mol. The molecule has 0 aliphatic rings. The molecule has 3 rings (SSSR count). The van der Waals surface area contributed by atoms with Crippen LogP contribution in [0.3, 0.4) is 0 Å². The molecule has 0 saturated heterocycles. The van der Waals surface area contributed by atoms with Crippen molar-refractivity contribution in [3.8, 4) is 5.88 Å². The van der Waals surface area contributed by atoms with E-state index >= 15 is 0 Å². The Bertz CT molecular complexity index is 920. The van der Waals surface area contributed by atoms with Crippen molar-refractivity contribution in [2.24, 2.45) is 0 Å². The first-order valence-corrected chi connectivity index (χ1v) is 10.5. The van der Waals surface area contributed by atoms with Crippen LogP contribution in [0.1, 0.15) is 37.3 Å². The van der Waals surface area contributed by atoms with E-state index in [0.717, 1.165) is 17.5 Å². The number of aromatic nitrogens is 2. The summed E-state index contributed by atoms with van der Waals surface area (Å²) < 4.78 is 5.79. The molecule has 156 valence electrons. The number of hydrogen-bond donors (Lipinski definition) is 1. The molecule has 2 aromatic heterocycles. The maximum Gasteiger partial charge on any atom is 0.261 e. The number of rotatable bonds is 9. The molecule has 3 atom stereocenters. The lowest BCUT2D eigenvalue weighted by Crippen LogP contribution is -2.45. The maximum atomic E-state index is 12.9. The molecule has 30 heavy (non-hydrogen) atoms. The van der Waals surface area contributed by atoms with Crippen molar-refractivity contribution in [1.82, 2.24) is 15.3 Å². The second kappa shape index (κ2) is 10.7. The Morgan fingerprint density at radius 3 is 2.53 bits per heavy atom. The zero-order valence-electron chi connectivity index (χ0n) is 17.2. The Balaban J connectivity index is 1.73. The van der Waals surface area contributed by atoms with Gasteiger partial charge in [-0.1, -0.05) is 42.8 Å². The van der Waals surface area contributed by atoms with Gasteiger partial charge in [-0.2, -0.15) is 0 Å². The molecule has 0 spiro atoms. The summed E-state index contributed by atoms with van der Waals surface area (Å²) in [7, 11) is 0. The molecule has 0 saturated carbocycles. The molecule has 0 radical (unpaired) electrons. The van der Waals surface area contributed by atoms with Crippen molar-refractivity contribution in [2.75, 3.05) is 0 Å². The predicted molar refractivity (Wildman–Crippen MR) is 119 cm³/mol. The largest absolute Gasteiger partial charge is 0.464 e. The lowest BCUT2D eigenvalue weighted by molar-refractivity contribution is -0.129. The van der Waals surface area contributed by atoms with Crippen molar-refractivity contribution in [2.45, 2.75) is 44.8 Å². The zero-order valence-corrected chi connectivity index (χ0v) is 17.9. The van der Waals surface area contributed by atoms with Crippen molar-refractivity contribution in [1.29, 1.82) is 0 Å². The molecular formula is C24H26ClN3O2. The first kappa shape index (κ1) is 21.8. The van der Waals surface area contributed by atoms with Gasteiger partial charge in [-0.25, -0.2) is 4.98 Å². The van der Waals surface area contributed by atoms with Gasteiger partial charge in [0, 0.05) is 41.6 Å². The SMILES string of the molecule is CCC(Oc1ccccn1)C(=O)NC(C)C(Cc1ccc(Cl)cc1)c1cccnc1.